The summed E-state index contributed by atoms with van der Waals surface area (Å²) >= 11 is 0. The first-order chi connectivity index (χ1) is 12.2. The molecule has 0 bridgehead atoms. The Morgan fingerprint density at radius 3 is 2.48 bits per heavy atom. The molecule has 0 aliphatic heterocycles. The van der Waals surface area contributed by atoms with E-state index in [1.807, 2.05) is 54.2 Å². The van der Waals surface area contributed by atoms with E-state index in [0.29, 0.717) is 12.1 Å². The first kappa shape index (κ1) is 15.3. The molecule has 3 aromatic carbocycles. The molecule has 0 aliphatic carbocycles. The number of fused-ring (bicyclic) bond motifs is 1. The number of rotatable bonds is 4. The molecule has 0 aliphatic rings. The molecule has 0 fully saturated rings. The maximum atomic E-state index is 11.5. The Balaban J connectivity index is 1.68. The highest BCUT2D eigenvalue weighted by atomic mass is 16.1. The molecule has 122 valence electrons. The summed E-state index contributed by atoms with van der Waals surface area (Å²) in [5.74, 6) is 0. The van der Waals surface area contributed by atoms with Gasteiger partial charge in [0.05, 0.1) is 12.1 Å². The quantitative estimate of drug-likeness (QED) is 0.501. The number of hydrogen-bond acceptors (Lipinski definition) is 2. The Kier molecular flexibility index (Phi) is 3.90. The van der Waals surface area contributed by atoms with Gasteiger partial charge >= 0.3 is 0 Å². The van der Waals surface area contributed by atoms with Crippen molar-refractivity contribution in [3.63, 3.8) is 0 Å². The van der Waals surface area contributed by atoms with E-state index in [9.17, 15) is 4.79 Å². The van der Waals surface area contributed by atoms with Crippen molar-refractivity contribution in [1.82, 2.24) is 9.78 Å². The van der Waals surface area contributed by atoms with Crippen LogP contribution in [0.3, 0.4) is 0 Å². The van der Waals surface area contributed by atoms with Crippen LogP contribution in [0.15, 0.2) is 72.9 Å². The van der Waals surface area contributed by atoms with Crippen molar-refractivity contribution in [3.8, 4) is 11.3 Å². The molecule has 0 radical (unpaired) electrons. The Morgan fingerprint density at radius 1 is 0.960 bits per heavy atom. The van der Waals surface area contributed by atoms with Crippen LogP contribution in [-0.2, 0) is 6.54 Å². The third-order valence-electron chi connectivity index (χ3n) is 4.40. The van der Waals surface area contributed by atoms with Gasteiger partial charge in [0.1, 0.15) is 5.69 Å². The van der Waals surface area contributed by atoms with Crippen LogP contribution >= 0.6 is 0 Å². The number of aromatic nitrogens is 2. The lowest BCUT2D eigenvalue weighted by Gasteiger charge is -2.04. The number of nitrogens with zero attached hydrogens (tertiary/aromatic N) is 2. The van der Waals surface area contributed by atoms with Crippen molar-refractivity contribution in [2.45, 2.75) is 13.5 Å². The third kappa shape index (κ3) is 3.09. The van der Waals surface area contributed by atoms with Gasteiger partial charge in [-0.1, -0.05) is 66.2 Å². The van der Waals surface area contributed by atoms with Gasteiger partial charge in [-0.05, 0) is 29.3 Å². The fourth-order valence-electron chi connectivity index (χ4n) is 3.06. The minimum Gasteiger partial charge on any atom is -0.298 e. The van der Waals surface area contributed by atoms with Crippen LogP contribution in [0.25, 0.3) is 22.0 Å². The third-order valence-corrected chi connectivity index (χ3v) is 4.40. The highest BCUT2D eigenvalue weighted by molar-refractivity contribution is 5.85. The molecule has 0 unspecified atom stereocenters. The Labute approximate surface area is 146 Å². The SMILES string of the molecule is Cc1ccc(-c2nn(Cc3ccc4ccccc4c3)cc2C=O)cc1. The van der Waals surface area contributed by atoms with E-state index in [-0.39, 0.29) is 0 Å². The Hall–Kier alpha value is -3.20. The van der Waals surface area contributed by atoms with Crippen LogP contribution in [0.4, 0.5) is 0 Å². The highest BCUT2D eigenvalue weighted by Crippen LogP contribution is 2.22. The first-order valence-electron chi connectivity index (χ1n) is 8.30. The lowest BCUT2D eigenvalue weighted by Crippen LogP contribution is -2.00. The highest BCUT2D eigenvalue weighted by Gasteiger charge is 2.11. The molecular weight excluding hydrogens is 308 g/mol. The summed E-state index contributed by atoms with van der Waals surface area (Å²) in [7, 11) is 0. The number of aryl methyl sites for hydroxylation is 1. The molecule has 25 heavy (non-hydrogen) atoms. The van der Waals surface area contributed by atoms with Crippen LogP contribution in [0, 0.1) is 6.92 Å². The van der Waals surface area contributed by atoms with E-state index in [1.54, 1.807) is 0 Å². The van der Waals surface area contributed by atoms with E-state index < -0.39 is 0 Å². The van der Waals surface area contributed by atoms with E-state index in [2.05, 4.69) is 35.4 Å². The zero-order valence-corrected chi connectivity index (χ0v) is 14.0. The van der Waals surface area contributed by atoms with E-state index in [0.717, 1.165) is 23.1 Å². The van der Waals surface area contributed by atoms with E-state index in [1.165, 1.54) is 16.3 Å². The van der Waals surface area contributed by atoms with Crippen LogP contribution in [0.1, 0.15) is 21.5 Å². The fraction of sp³-hybridized carbons (Fsp3) is 0.0909. The summed E-state index contributed by atoms with van der Waals surface area (Å²) in [5, 5.41) is 7.07. The van der Waals surface area contributed by atoms with Crippen molar-refractivity contribution in [2.24, 2.45) is 0 Å². The normalized spacial score (nSPS) is 10.9. The van der Waals surface area contributed by atoms with Crippen LogP contribution in [0.5, 0.6) is 0 Å². The van der Waals surface area contributed by atoms with Crippen molar-refractivity contribution < 1.29 is 4.79 Å². The zero-order chi connectivity index (χ0) is 17.2. The molecule has 4 aromatic rings. The standard InChI is InChI=1S/C22H18N2O/c1-16-6-9-19(10-7-16)22-21(15-25)14-24(23-22)13-17-8-11-18-4-2-3-5-20(18)12-17/h2-12,14-15H,13H2,1H3. The van der Waals surface area contributed by atoms with Crippen molar-refractivity contribution in [1.29, 1.82) is 0 Å². The molecule has 0 amide bonds. The molecule has 0 saturated carbocycles. The van der Waals surface area contributed by atoms with Crippen molar-refractivity contribution in [2.75, 3.05) is 0 Å². The minimum atomic E-state index is 0.615. The molecular formula is C22H18N2O. The van der Waals surface area contributed by atoms with Crippen LogP contribution < -0.4 is 0 Å². The summed E-state index contributed by atoms with van der Waals surface area (Å²) in [6.45, 7) is 2.68. The van der Waals surface area contributed by atoms with Crippen molar-refractivity contribution in [3.05, 3.63) is 89.6 Å². The minimum absolute atomic E-state index is 0.615. The number of carbonyl (C=O) groups excluding carboxylic acids is 1. The molecule has 0 N–H and O–H groups in total. The number of hydrogen-bond donors (Lipinski definition) is 0. The topological polar surface area (TPSA) is 34.9 Å². The molecule has 4 rings (SSSR count). The maximum Gasteiger partial charge on any atom is 0.153 e. The monoisotopic (exact) mass is 326 g/mol. The van der Waals surface area contributed by atoms with Crippen molar-refractivity contribution >= 4 is 17.1 Å². The summed E-state index contributed by atoms with van der Waals surface area (Å²) < 4.78 is 1.84. The predicted octanol–water partition coefficient (Wildman–Crippen LogP) is 4.87. The van der Waals surface area contributed by atoms with Gasteiger partial charge < -0.3 is 0 Å². The second kappa shape index (κ2) is 6.36. The largest absolute Gasteiger partial charge is 0.298 e. The molecule has 3 nitrogen and oxygen atoms in total. The molecule has 1 heterocycles. The number of benzene rings is 3. The fourth-order valence-corrected chi connectivity index (χ4v) is 3.06. The summed E-state index contributed by atoms with van der Waals surface area (Å²) in [5.41, 5.74) is 4.66. The molecule has 3 heteroatoms. The summed E-state index contributed by atoms with van der Waals surface area (Å²) in [4.78, 5) is 11.5. The van der Waals surface area contributed by atoms with Gasteiger partial charge in [0.25, 0.3) is 0 Å². The lowest BCUT2D eigenvalue weighted by molar-refractivity contribution is 0.112. The number of aldehydes is 1. The molecule has 0 atom stereocenters. The van der Waals surface area contributed by atoms with Gasteiger partial charge in [-0.2, -0.15) is 5.10 Å². The predicted molar refractivity (Wildman–Crippen MR) is 101 cm³/mol. The average molecular weight is 326 g/mol. The number of carbonyl (C=O) groups is 1. The van der Waals surface area contributed by atoms with Gasteiger partial charge in [0.2, 0.25) is 0 Å². The van der Waals surface area contributed by atoms with Gasteiger partial charge in [0.15, 0.2) is 6.29 Å². The first-order valence-corrected chi connectivity index (χ1v) is 8.30. The summed E-state index contributed by atoms with van der Waals surface area (Å²) in [6, 6.07) is 22.8. The second-order valence-corrected chi connectivity index (χ2v) is 6.30. The van der Waals surface area contributed by atoms with Crippen LogP contribution in [0.2, 0.25) is 0 Å². The Bertz CT molecular complexity index is 1050. The van der Waals surface area contributed by atoms with E-state index in [4.69, 9.17) is 0 Å². The maximum absolute atomic E-state index is 11.5. The smallest absolute Gasteiger partial charge is 0.153 e. The summed E-state index contributed by atoms with van der Waals surface area (Å²) in [6.07, 6.45) is 2.69. The average Bonchev–Trinajstić information content (AvgIpc) is 3.05. The zero-order valence-electron chi connectivity index (χ0n) is 14.0. The molecule has 1 aromatic heterocycles. The van der Waals surface area contributed by atoms with E-state index >= 15 is 0 Å². The van der Waals surface area contributed by atoms with Gasteiger partial charge in [-0.3, -0.25) is 9.48 Å². The van der Waals surface area contributed by atoms with Gasteiger partial charge in [0, 0.05) is 11.8 Å². The van der Waals surface area contributed by atoms with Crippen LogP contribution in [-0.4, -0.2) is 16.1 Å². The van der Waals surface area contributed by atoms with Gasteiger partial charge in [-0.15, -0.1) is 0 Å². The second-order valence-electron chi connectivity index (χ2n) is 6.30. The van der Waals surface area contributed by atoms with Gasteiger partial charge in [-0.25, -0.2) is 0 Å². The molecule has 0 saturated heterocycles. The lowest BCUT2D eigenvalue weighted by atomic mass is 10.1. The molecule has 0 spiro atoms. The Morgan fingerprint density at radius 2 is 1.72 bits per heavy atom.